The molecule has 2 aliphatic carbocycles. The van der Waals surface area contributed by atoms with Crippen LogP contribution in [0, 0.1) is 11.8 Å². The maximum Gasteiger partial charge on any atom is 0.0639 e. The highest BCUT2D eigenvalue weighted by molar-refractivity contribution is 6.17. The first-order valence-corrected chi connectivity index (χ1v) is 4.64. The van der Waals surface area contributed by atoms with Crippen molar-refractivity contribution < 1.29 is 4.74 Å². The molecule has 0 aromatic heterocycles. The number of fused-ring (bicyclic) bond motifs is 1. The predicted octanol–water partition coefficient (Wildman–Crippen LogP) is 2.04. The van der Waals surface area contributed by atoms with Gasteiger partial charge in [-0.3, -0.25) is 0 Å². The lowest BCUT2D eigenvalue weighted by Crippen LogP contribution is -2.03. The Bertz CT molecular complexity index is 116. The summed E-state index contributed by atoms with van der Waals surface area (Å²) in [5.41, 5.74) is 0. The normalized spacial score (nSPS) is 43.5. The number of rotatable bonds is 3. The van der Waals surface area contributed by atoms with E-state index >= 15 is 0 Å². The Labute approximate surface area is 66.7 Å². The highest BCUT2D eigenvalue weighted by Crippen LogP contribution is 2.53. The summed E-state index contributed by atoms with van der Waals surface area (Å²) in [6.07, 6.45) is 4.83. The van der Waals surface area contributed by atoms with Crippen molar-refractivity contribution in [1.29, 1.82) is 0 Å². The highest BCUT2D eigenvalue weighted by atomic mass is 35.5. The van der Waals surface area contributed by atoms with Crippen molar-refractivity contribution in [2.24, 2.45) is 11.8 Å². The fourth-order valence-corrected chi connectivity index (χ4v) is 2.27. The lowest BCUT2D eigenvalue weighted by atomic mass is 10.2. The molecule has 2 saturated carbocycles. The van der Waals surface area contributed by atoms with E-state index < -0.39 is 0 Å². The van der Waals surface area contributed by atoms with E-state index in [1.54, 1.807) is 0 Å². The molecule has 2 fully saturated rings. The van der Waals surface area contributed by atoms with Crippen LogP contribution in [0.1, 0.15) is 19.3 Å². The van der Waals surface area contributed by atoms with E-state index in [2.05, 4.69) is 0 Å². The van der Waals surface area contributed by atoms with Gasteiger partial charge in [0.15, 0.2) is 0 Å². The second-order valence-corrected chi connectivity index (χ2v) is 3.66. The van der Waals surface area contributed by atoms with Gasteiger partial charge in [0.05, 0.1) is 12.7 Å². The van der Waals surface area contributed by atoms with Gasteiger partial charge in [0.1, 0.15) is 0 Å². The molecule has 2 aliphatic rings. The summed E-state index contributed by atoms with van der Waals surface area (Å²) < 4.78 is 5.54. The fraction of sp³-hybridized carbons (Fsp3) is 1.00. The molecule has 0 N–H and O–H groups in total. The molecule has 0 aromatic rings. The van der Waals surface area contributed by atoms with Crippen molar-refractivity contribution in [1.82, 2.24) is 0 Å². The van der Waals surface area contributed by atoms with Gasteiger partial charge >= 0.3 is 0 Å². The molecule has 0 amide bonds. The molecule has 0 spiro atoms. The van der Waals surface area contributed by atoms with Crippen LogP contribution in [0.5, 0.6) is 0 Å². The Morgan fingerprint density at radius 3 is 2.60 bits per heavy atom. The zero-order valence-corrected chi connectivity index (χ0v) is 6.81. The molecule has 58 valence electrons. The SMILES string of the molecule is ClCCOC1[C@H]2CCC[C@@H]12. The summed E-state index contributed by atoms with van der Waals surface area (Å²) in [6, 6.07) is 0. The fourth-order valence-electron chi connectivity index (χ4n) is 2.18. The van der Waals surface area contributed by atoms with Gasteiger partial charge in [-0.05, 0) is 24.7 Å². The molecule has 0 heterocycles. The lowest BCUT2D eigenvalue weighted by molar-refractivity contribution is 0.108. The van der Waals surface area contributed by atoms with Crippen molar-refractivity contribution in [3.63, 3.8) is 0 Å². The van der Waals surface area contributed by atoms with Gasteiger partial charge in [0.25, 0.3) is 0 Å². The zero-order valence-electron chi connectivity index (χ0n) is 6.05. The van der Waals surface area contributed by atoms with Crippen LogP contribution in [0.2, 0.25) is 0 Å². The van der Waals surface area contributed by atoms with Crippen molar-refractivity contribution in [2.45, 2.75) is 25.4 Å². The number of halogens is 1. The summed E-state index contributed by atoms with van der Waals surface area (Å²) in [4.78, 5) is 0. The molecule has 0 aromatic carbocycles. The van der Waals surface area contributed by atoms with Gasteiger partial charge in [-0.1, -0.05) is 6.42 Å². The van der Waals surface area contributed by atoms with Gasteiger partial charge in [0, 0.05) is 5.88 Å². The Morgan fingerprint density at radius 2 is 2.00 bits per heavy atom. The van der Waals surface area contributed by atoms with Gasteiger partial charge in [-0.2, -0.15) is 0 Å². The molecule has 2 heteroatoms. The van der Waals surface area contributed by atoms with Crippen LogP contribution < -0.4 is 0 Å². The van der Waals surface area contributed by atoms with Crippen LogP contribution in [-0.2, 0) is 4.74 Å². The molecule has 10 heavy (non-hydrogen) atoms. The average Bonchev–Trinajstić information content (AvgIpc) is 2.46. The lowest BCUT2D eigenvalue weighted by Gasteiger charge is -2.02. The van der Waals surface area contributed by atoms with Crippen molar-refractivity contribution in [3.05, 3.63) is 0 Å². The van der Waals surface area contributed by atoms with Crippen molar-refractivity contribution >= 4 is 11.6 Å². The van der Waals surface area contributed by atoms with Gasteiger partial charge in [-0.25, -0.2) is 0 Å². The molecule has 3 atom stereocenters. The molecule has 0 saturated heterocycles. The van der Waals surface area contributed by atoms with E-state index in [-0.39, 0.29) is 0 Å². The van der Waals surface area contributed by atoms with E-state index in [0.717, 1.165) is 18.4 Å². The monoisotopic (exact) mass is 160 g/mol. The third-order valence-corrected chi connectivity index (χ3v) is 2.87. The maximum absolute atomic E-state index is 5.54. The summed E-state index contributed by atoms with van der Waals surface area (Å²) in [7, 11) is 0. The number of hydrogen-bond acceptors (Lipinski definition) is 1. The maximum atomic E-state index is 5.54. The minimum absolute atomic E-state index is 0.604. The van der Waals surface area contributed by atoms with Crippen LogP contribution in [0.15, 0.2) is 0 Å². The minimum atomic E-state index is 0.604. The summed E-state index contributed by atoms with van der Waals surface area (Å²) in [5, 5.41) is 0. The summed E-state index contributed by atoms with van der Waals surface area (Å²) in [5.74, 6) is 2.49. The molecular weight excluding hydrogens is 148 g/mol. The Hall–Kier alpha value is 0.250. The third kappa shape index (κ3) is 1.06. The van der Waals surface area contributed by atoms with Gasteiger partial charge in [-0.15, -0.1) is 11.6 Å². The van der Waals surface area contributed by atoms with Crippen LogP contribution in [0.3, 0.4) is 0 Å². The van der Waals surface area contributed by atoms with Gasteiger partial charge < -0.3 is 4.74 Å². The predicted molar refractivity (Wildman–Crippen MR) is 41.3 cm³/mol. The average molecular weight is 161 g/mol. The van der Waals surface area contributed by atoms with E-state index in [4.69, 9.17) is 16.3 Å². The molecule has 0 aliphatic heterocycles. The first kappa shape index (κ1) is 6.93. The van der Waals surface area contributed by atoms with Gasteiger partial charge in [0.2, 0.25) is 0 Å². The smallest absolute Gasteiger partial charge is 0.0639 e. The minimum Gasteiger partial charge on any atom is -0.376 e. The molecular formula is C8H13ClO. The third-order valence-electron chi connectivity index (χ3n) is 2.72. The highest BCUT2D eigenvalue weighted by Gasteiger charge is 2.53. The summed E-state index contributed by atoms with van der Waals surface area (Å²) >= 11 is 5.51. The topological polar surface area (TPSA) is 9.23 Å². The van der Waals surface area contributed by atoms with Crippen LogP contribution in [0.25, 0.3) is 0 Å². The van der Waals surface area contributed by atoms with E-state index in [1.807, 2.05) is 0 Å². The Balaban J connectivity index is 1.69. The molecule has 1 unspecified atom stereocenters. The van der Waals surface area contributed by atoms with E-state index in [1.165, 1.54) is 19.3 Å². The quantitative estimate of drug-likeness (QED) is 0.575. The van der Waals surface area contributed by atoms with Crippen molar-refractivity contribution in [3.8, 4) is 0 Å². The van der Waals surface area contributed by atoms with E-state index in [9.17, 15) is 0 Å². The Morgan fingerprint density at radius 1 is 1.30 bits per heavy atom. The van der Waals surface area contributed by atoms with E-state index in [0.29, 0.717) is 12.0 Å². The van der Waals surface area contributed by atoms with Crippen molar-refractivity contribution in [2.75, 3.05) is 12.5 Å². The molecule has 1 nitrogen and oxygen atoms in total. The molecule has 0 bridgehead atoms. The molecule has 2 rings (SSSR count). The zero-order chi connectivity index (χ0) is 6.97. The van der Waals surface area contributed by atoms with Crippen LogP contribution in [-0.4, -0.2) is 18.6 Å². The summed E-state index contributed by atoms with van der Waals surface area (Å²) in [6.45, 7) is 0.749. The first-order valence-electron chi connectivity index (χ1n) is 4.11. The standard InChI is InChI=1S/C8H13ClO/c9-4-5-10-8-6-2-1-3-7(6)8/h6-8H,1-5H2/t6-,7+,8?. The second-order valence-electron chi connectivity index (χ2n) is 3.28. The Kier molecular flexibility index (Phi) is 1.88. The second kappa shape index (κ2) is 2.71. The number of alkyl halides is 1. The number of ether oxygens (including phenoxy) is 1. The number of hydrogen-bond donors (Lipinski definition) is 0. The molecule has 0 radical (unpaired) electrons. The van der Waals surface area contributed by atoms with Crippen LogP contribution >= 0.6 is 11.6 Å². The first-order chi connectivity index (χ1) is 4.93. The van der Waals surface area contributed by atoms with Crippen LogP contribution in [0.4, 0.5) is 0 Å². The largest absolute Gasteiger partial charge is 0.376 e.